The Morgan fingerprint density at radius 3 is 2.91 bits per heavy atom. The van der Waals surface area contributed by atoms with E-state index in [1.54, 1.807) is 0 Å². The lowest BCUT2D eigenvalue weighted by atomic mass is 9.89. The molecule has 0 aromatic rings. The molecule has 0 spiro atoms. The van der Waals surface area contributed by atoms with E-state index in [4.69, 9.17) is 0 Å². The van der Waals surface area contributed by atoms with Crippen LogP contribution in [0.5, 0.6) is 0 Å². The molecule has 1 aliphatic carbocycles. The first kappa shape index (κ1) is 8.05. The van der Waals surface area contributed by atoms with Crippen LogP contribution < -0.4 is 5.32 Å². The molecule has 1 aliphatic rings. The highest BCUT2D eigenvalue weighted by atomic mass is 16.1. The first-order valence-electron chi connectivity index (χ1n) is 3.89. The summed E-state index contributed by atoms with van der Waals surface area (Å²) in [5.41, 5.74) is -0.115. The van der Waals surface area contributed by atoms with Crippen molar-refractivity contribution in [3.8, 4) is 0 Å². The van der Waals surface area contributed by atoms with Crippen molar-refractivity contribution in [1.82, 2.24) is 5.32 Å². The Morgan fingerprint density at radius 2 is 2.45 bits per heavy atom. The standard InChI is InChI=1S/C9H13NO/c1-2-9(10-8-11)6-4-3-5-7-9/h3-6,8H,2,7H2,1H3,(H,10,11). The van der Waals surface area contributed by atoms with Crippen molar-refractivity contribution in [2.45, 2.75) is 25.3 Å². The highest BCUT2D eigenvalue weighted by Crippen LogP contribution is 2.20. The summed E-state index contributed by atoms with van der Waals surface area (Å²) in [5.74, 6) is 0. The van der Waals surface area contributed by atoms with Crippen LogP contribution in [0.15, 0.2) is 24.3 Å². The second-order valence-corrected chi connectivity index (χ2v) is 2.76. The van der Waals surface area contributed by atoms with Gasteiger partial charge in [0, 0.05) is 0 Å². The van der Waals surface area contributed by atoms with Gasteiger partial charge in [0.15, 0.2) is 0 Å². The van der Waals surface area contributed by atoms with Gasteiger partial charge >= 0.3 is 0 Å². The van der Waals surface area contributed by atoms with E-state index in [2.05, 4.69) is 18.3 Å². The van der Waals surface area contributed by atoms with Crippen LogP contribution in [0.1, 0.15) is 19.8 Å². The summed E-state index contributed by atoms with van der Waals surface area (Å²) >= 11 is 0. The number of amides is 1. The Bertz CT molecular complexity index is 192. The Labute approximate surface area is 67.0 Å². The molecule has 0 heterocycles. The highest BCUT2D eigenvalue weighted by molar-refractivity contribution is 5.49. The minimum Gasteiger partial charge on any atom is -0.349 e. The predicted octanol–water partition coefficient (Wildman–Crippen LogP) is 1.40. The number of allylic oxidation sites excluding steroid dienone is 2. The molecule has 1 amide bonds. The second-order valence-electron chi connectivity index (χ2n) is 2.76. The van der Waals surface area contributed by atoms with Gasteiger partial charge in [-0.15, -0.1) is 0 Å². The maximum atomic E-state index is 10.3. The number of nitrogens with one attached hydrogen (secondary N) is 1. The van der Waals surface area contributed by atoms with Gasteiger partial charge in [0.05, 0.1) is 5.54 Å². The topological polar surface area (TPSA) is 29.1 Å². The van der Waals surface area contributed by atoms with Crippen molar-refractivity contribution in [3.05, 3.63) is 24.3 Å². The molecule has 0 bridgehead atoms. The molecule has 1 unspecified atom stereocenters. The molecule has 0 fully saturated rings. The van der Waals surface area contributed by atoms with E-state index >= 15 is 0 Å². The number of hydrogen-bond donors (Lipinski definition) is 1. The summed E-state index contributed by atoms with van der Waals surface area (Å²) in [6.07, 6.45) is 10.7. The molecule has 2 nitrogen and oxygen atoms in total. The summed E-state index contributed by atoms with van der Waals surface area (Å²) in [5, 5.41) is 2.83. The van der Waals surface area contributed by atoms with Gasteiger partial charge in [-0.3, -0.25) is 4.79 Å². The zero-order valence-corrected chi connectivity index (χ0v) is 6.71. The summed E-state index contributed by atoms with van der Waals surface area (Å²) in [6, 6.07) is 0. The molecular weight excluding hydrogens is 138 g/mol. The number of carbonyl (C=O) groups is 1. The van der Waals surface area contributed by atoms with Gasteiger partial charge < -0.3 is 5.32 Å². The average molecular weight is 151 g/mol. The molecule has 1 atom stereocenters. The van der Waals surface area contributed by atoms with Gasteiger partial charge in [-0.2, -0.15) is 0 Å². The molecule has 0 saturated heterocycles. The molecule has 0 aromatic carbocycles. The second kappa shape index (κ2) is 3.37. The molecule has 0 aromatic heterocycles. The fourth-order valence-electron chi connectivity index (χ4n) is 1.25. The van der Waals surface area contributed by atoms with Crippen LogP contribution in [0.3, 0.4) is 0 Å². The molecule has 60 valence electrons. The monoisotopic (exact) mass is 151 g/mol. The number of hydrogen-bond acceptors (Lipinski definition) is 1. The van der Waals surface area contributed by atoms with Crippen molar-refractivity contribution in [2.75, 3.05) is 0 Å². The summed E-state index contributed by atoms with van der Waals surface area (Å²) in [6.45, 7) is 2.07. The third kappa shape index (κ3) is 1.70. The maximum absolute atomic E-state index is 10.3. The van der Waals surface area contributed by atoms with E-state index in [-0.39, 0.29) is 5.54 Å². The highest BCUT2D eigenvalue weighted by Gasteiger charge is 2.22. The lowest BCUT2D eigenvalue weighted by Crippen LogP contribution is -2.42. The fraction of sp³-hybridized carbons (Fsp3) is 0.444. The molecule has 0 radical (unpaired) electrons. The molecule has 0 aliphatic heterocycles. The van der Waals surface area contributed by atoms with Gasteiger partial charge in [-0.1, -0.05) is 31.2 Å². The Kier molecular flexibility index (Phi) is 2.47. The van der Waals surface area contributed by atoms with Crippen molar-refractivity contribution < 1.29 is 4.79 Å². The van der Waals surface area contributed by atoms with E-state index in [0.29, 0.717) is 0 Å². The van der Waals surface area contributed by atoms with Crippen LogP contribution in [0, 0.1) is 0 Å². The zero-order chi connectivity index (χ0) is 8.16. The van der Waals surface area contributed by atoms with Crippen LogP contribution in [-0.4, -0.2) is 11.9 Å². The molecule has 1 rings (SSSR count). The van der Waals surface area contributed by atoms with Crippen molar-refractivity contribution >= 4 is 6.41 Å². The third-order valence-electron chi connectivity index (χ3n) is 2.12. The van der Waals surface area contributed by atoms with Crippen molar-refractivity contribution in [3.63, 3.8) is 0 Å². The van der Waals surface area contributed by atoms with Crippen LogP contribution >= 0.6 is 0 Å². The van der Waals surface area contributed by atoms with Gasteiger partial charge in [-0.05, 0) is 12.8 Å². The largest absolute Gasteiger partial charge is 0.349 e. The normalized spacial score (nSPS) is 28.5. The molecule has 11 heavy (non-hydrogen) atoms. The average Bonchev–Trinajstić information content (AvgIpc) is 2.07. The van der Waals surface area contributed by atoms with E-state index in [1.807, 2.05) is 18.2 Å². The molecular formula is C9H13NO. The quantitative estimate of drug-likeness (QED) is 0.607. The first-order valence-corrected chi connectivity index (χ1v) is 3.89. The predicted molar refractivity (Wildman–Crippen MR) is 45.1 cm³/mol. The van der Waals surface area contributed by atoms with Crippen LogP contribution in [0.25, 0.3) is 0 Å². The minimum absolute atomic E-state index is 0.115. The summed E-state index contributed by atoms with van der Waals surface area (Å²) < 4.78 is 0. The summed E-state index contributed by atoms with van der Waals surface area (Å²) in [4.78, 5) is 10.3. The fourth-order valence-corrected chi connectivity index (χ4v) is 1.25. The lowest BCUT2D eigenvalue weighted by Gasteiger charge is -2.29. The van der Waals surface area contributed by atoms with E-state index in [1.165, 1.54) is 0 Å². The maximum Gasteiger partial charge on any atom is 0.207 e. The van der Waals surface area contributed by atoms with E-state index in [0.717, 1.165) is 19.3 Å². The molecule has 1 N–H and O–H groups in total. The minimum atomic E-state index is -0.115. The summed E-state index contributed by atoms with van der Waals surface area (Å²) in [7, 11) is 0. The van der Waals surface area contributed by atoms with E-state index in [9.17, 15) is 4.79 Å². The zero-order valence-electron chi connectivity index (χ0n) is 6.71. The Balaban J connectivity index is 2.67. The van der Waals surface area contributed by atoms with Crippen molar-refractivity contribution in [1.29, 1.82) is 0 Å². The SMILES string of the molecule is CCC1(NC=O)C=CC=CC1. The Hall–Kier alpha value is -1.05. The van der Waals surface area contributed by atoms with Gasteiger partial charge in [-0.25, -0.2) is 0 Å². The number of carbonyl (C=O) groups excluding carboxylic acids is 1. The van der Waals surface area contributed by atoms with Gasteiger partial charge in [0.1, 0.15) is 0 Å². The Morgan fingerprint density at radius 1 is 1.64 bits per heavy atom. The van der Waals surface area contributed by atoms with Crippen LogP contribution in [0.4, 0.5) is 0 Å². The first-order chi connectivity index (χ1) is 5.33. The van der Waals surface area contributed by atoms with Crippen LogP contribution in [-0.2, 0) is 4.79 Å². The van der Waals surface area contributed by atoms with Gasteiger partial charge in [0.25, 0.3) is 0 Å². The third-order valence-corrected chi connectivity index (χ3v) is 2.12. The lowest BCUT2D eigenvalue weighted by molar-refractivity contribution is -0.110. The van der Waals surface area contributed by atoms with Crippen LogP contribution in [0.2, 0.25) is 0 Å². The number of rotatable bonds is 3. The smallest absolute Gasteiger partial charge is 0.207 e. The van der Waals surface area contributed by atoms with Crippen molar-refractivity contribution in [2.24, 2.45) is 0 Å². The molecule has 2 heteroatoms. The van der Waals surface area contributed by atoms with Gasteiger partial charge in [0.2, 0.25) is 6.41 Å². The van der Waals surface area contributed by atoms with E-state index < -0.39 is 0 Å². The molecule has 0 saturated carbocycles.